The lowest BCUT2D eigenvalue weighted by Crippen LogP contribution is -2.43. The second-order valence-corrected chi connectivity index (χ2v) is 7.83. The number of rotatable bonds is 5. The fourth-order valence-electron chi connectivity index (χ4n) is 5.77. The lowest BCUT2D eigenvalue weighted by atomic mass is 9.57. The largest absolute Gasteiger partial charge is 0.466 e. The van der Waals surface area contributed by atoms with Crippen molar-refractivity contribution in [1.82, 2.24) is 0 Å². The van der Waals surface area contributed by atoms with Crippen LogP contribution in [0.5, 0.6) is 0 Å². The van der Waals surface area contributed by atoms with Crippen LogP contribution >= 0.6 is 0 Å². The third kappa shape index (κ3) is 2.21. The van der Waals surface area contributed by atoms with Crippen LogP contribution in [-0.2, 0) is 38.1 Å². The first-order valence-electron chi connectivity index (χ1n) is 9.53. The summed E-state index contributed by atoms with van der Waals surface area (Å²) in [5.41, 5.74) is -1.29. The number of fused-ring (bicyclic) bond motifs is 5. The summed E-state index contributed by atoms with van der Waals surface area (Å²) in [6, 6.07) is 0. The van der Waals surface area contributed by atoms with E-state index in [1.165, 1.54) is 28.4 Å². The first-order valence-corrected chi connectivity index (χ1v) is 9.53. The fraction of sp³-hybridized carbons (Fsp3) is 0.455. The van der Waals surface area contributed by atoms with Gasteiger partial charge in [0.15, 0.2) is 0 Å². The maximum atomic E-state index is 12.9. The Balaban J connectivity index is 2.00. The lowest BCUT2D eigenvalue weighted by molar-refractivity contribution is -0.141. The standard InChI is InChI=1S/C22H22O8/c1-27-17(23)13-11-5-7-21(9-11,15(13)19(25)29-3)22-8-6-12(10-22)14(18(24)28-2)16(22)20(26)30-4/h5-8,11-12H,9-10H2,1-4H3/t11-,12-,21-,22-/m1/s1. The molecule has 0 spiro atoms. The van der Waals surface area contributed by atoms with E-state index in [0.717, 1.165) is 0 Å². The van der Waals surface area contributed by atoms with Crippen molar-refractivity contribution < 1.29 is 38.1 Å². The summed E-state index contributed by atoms with van der Waals surface area (Å²) in [6.07, 6.45) is 8.17. The molecule has 30 heavy (non-hydrogen) atoms. The Morgan fingerprint density at radius 1 is 0.667 bits per heavy atom. The average Bonchev–Trinajstić information content (AvgIpc) is 3.53. The van der Waals surface area contributed by atoms with Crippen LogP contribution in [0.15, 0.2) is 46.6 Å². The molecule has 8 nitrogen and oxygen atoms in total. The quantitative estimate of drug-likeness (QED) is 0.378. The van der Waals surface area contributed by atoms with Gasteiger partial charge in [-0.3, -0.25) is 0 Å². The lowest BCUT2D eigenvalue weighted by Gasteiger charge is -2.43. The topological polar surface area (TPSA) is 105 Å². The number of hydrogen-bond acceptors (Lipinski definition) is 8. The van der Waals surface area contributed by atoms with Crippen molar-refractivity contribution in [2.45, 2.75) is 12.8 Å². The Bertz CT molecular complexity index is 917. The van der Waals surface area contributed by atoms with E-state index in [1.54, 1.807) is 0 Å². The van der Waals surface area contributed by atoms with E-state index in [4.69, 9.17) is 18.9 Å². The number of carbonyl (C=O) groups is 4. The molecule has 4 aliphatic rings. The van der Waals surface area contributed by atoms with E-state index in [1.807, 2.05) is 24.3 Å². The summed E-state index contributed by atoms with van der Waals surface area (Å²) >= 11 is 0. The summed E-state index contributed by atoms with van der Waals surface area (Å²) in [7, 11) is 4.98. The van der Waals surface area contributed by atoms with Crippen molar-refractivity contribution in [3.05, 3.63) is 46.6 Å². The van der Waals surface area contributed by atoms with E-state index in [2.05, 4.69) is 0 Å². The smallest absolute Gasteiger partial charge is 0.335 e. The molecule has 158 valence electrons. The summed E-state index contributed by atoms with van der Waals surface area (Å²) < 4.78 is 19.9. The van der Waals surface area contributed by atoms with Gasteiger partial charge >= 0.3 is 23.9 Å². The molecular formula is C22H22O8. The van der Waals surface area contributed by atoms with Crippen molar-refractivity contribution in [2.75, 3.05) is 28.4 Å². The first-order chi connectivity index (χ1) is 14.3. The van der Waals surface area contributed by atoms with Gasteiger partial charge < -0.3 is 18.9 Å². The summed E-state index contributed by atoms with van der Waals surface area (Å²) in [4.78, 5) is 51.0. The number of ether oxygens (including phenoxy) is 4. The molecule has 4 atom stereocenters. The van der Waals surface area contributed by atoms with Gasteiger partial charge in [-0.2, -0.15) is 0 Å². The Labute approximate surface area is 173 Å². The van der Waals surface area contributed by atoms with Gasteiger partial charge in [0.05, 0.1) is 50.7 Å². The summed E-state index contributed by atoms with van der Waals surface area (Å²) in [6.45, 7) is 0. The van der Waals surface area contributed by atoms with Crippen molar-refractivity contribution in [2.24, 2.45) is 22.7 Å². The molecule has 0 aliphatic heterocycles. The third-order valence-corrected chi connectivity index (χ3v) is 6.87. The molecule has 0 amide bonds. The van der Waals surface area contributed by atoms with Crippen molar-refractivity contribution >= 4 is 23.9 Å². The zero-order valence-electron chi connectivity index (χ0n) is 17.1. The van der Waals surface area contributed by atoms with Gasteiger partial charge in [-0.15, -0.1) is 0 Å². The molecule has 0 fully saturated rings. The third-order valence-electron chi connectivity index (χ3n) is 6.87. The number of carbonyl (C=O) groups excluding carboxylic acids is 4. The predicted octanol–water partition coefficient (Wildman–Crippen LogP) is 1.42. The van der Waals surface area contributed by atoms with E-state index >= 15 is 0 Å². The summed E-state index contributed by atoms with van der Waals surface area (Å²) in [5, 5.41) is 0. The maximum Gasteiger partial charge on any atom is 0.335 e. The van der Waals surface area contributed by atoms with Gasteiger partial charge in [0.2, 0.25) is 0 Å². The number of esters is 4. The second-order valence-electron chi connectivity index (χ2n) is 7.83. The first kappa shape index (κ1) is 20.1. The molecule has 0 radical (unpaired) electrons. The highest BCUT2D eigenvalue weighted by Gasteiger charge is 2.69. The highest BCUT2D eigenvalue weighted by molar-refractivity contribution is 6.08. The SMILES string of the molecule is COC(=O)C1=C(C(=O)OC)[C@@]2([C@]34C=C[C@H](C3)C(C(=O)OC)=C4C(=O)OC)C=C[C@@H]1C2. The molecule has 0 saturated carbocycles. The van der Waals surface area contributed by atoms with Gasteiger partial charge in [-0.05, 0) is 12.8 Å². The highest BCUT2D eigenvalue weighted by Crippen LogP contribution is 2.71. The van der Waals surface area contributed by atoms with Crippen LogP contribution in [0.1, 0.15) is 12.8 Å². The van der Waals surface area contributed by atoms with E-state index in [-0.39, 0.29) is 34.1 Å². The zero-order valence-corrected chi connectivity index (χ0v) is 17.1. The minimum atomic E-state index is -1.04. The van der Waals surface area contributed by atoms with Gasteiger partial charge in [0, 0.05) is 22.7 Å². The monoisotopic (exact) mass is 414 g/mol. The molecule has 0 heterocycles. The molecule has 0 aromatic heterocycles. The second kappa shape index (κ2) is 6.68. The number of methoxy groups -OCH3 is 4. The van der Waals surface area contributed by atoms with E-state index < -0.39 is 34.7 Å². The minimum absolute atomic E-state index is 0.169. The van der Waals surface area contributed by atoms with Crippen LogP contribution in [0.4, 0.5) is 0 Å². The Kier molecular flexibility index (Phi) is 4.48. The van der Waals surface area contributed by atoms with Crippen LogP contribution < -0.4 is 0 Å². The average molecular weight is 414 g/mol. The Hall–Kier alpha value is -3.16. The highest BCUT2D eigenvalue weighted by atomic mass is 16.5. The van der Waals surface area contributed by atoms with Gasteiger partial charge in [0.25, 0.3) is 0 Å². The Morgan fingerprint density at radius 3 is 1.30 bits per heavy atom. The molecule has 8 heteroatoms. The molecule has 4 bridgehead atoms. The zero-order chi connectivity index (χ0) is 21.8. The molecule has 4 rings (SSSR count). The Morgan fingerprint density at radius 2 is 1.00 bits per heavy atom. The fourth-order valence-corrected chi connectivity index (χ4v) is 5.77. The molecule has 0 aromatic rings. The van der Waals surface area contributed by atoms with Crippen molar-refractivity contribution in [3.8, 4) is 0 Å². The molecule has 0 aromatic carbocycles. The van der Waals surface area contributed by atoms with Gasteiger partial charge in [-0.25, -0.2) is 19.2 Å². The van der Waals surface area contributed by atoms with Crippen LogP contribution in [0, 0.1) is 22.7 Å². The summed E-state index contributed by atoms with van der Waals surface area (Å²) in [5.74, 6) is -3.26. The van der Waals surface area contributed by atoms with Crippen molar-refractivity contribution in [1.29, 1.82) is 0 Å². The van der Waals surface area contributed by atoms with Crippen LogP contribution in [0.2, 0.25) is 0 Å². The minimum Gasteiger partial charge on any atom is -0.466 e. The molecule has 0 N–H and O–H groups in total. The van der Waals surface area contributed by atoms with Gasteiger partial charge in [-0.1, -0.05) is 24.3 Å². The molecule has 0 unspecified atom stereocenters. The number of allylic oxidation sites excluding steroid dienone is 4. The van der Waals surface area contributed by atoms with Crippen LogP contribution in [0.25, 0.3) is 0 Å². The molecule has 4 aliphatic carbocycles. The van der Waals surface area contributed by atoms with Crippen LogP contribution in [-0.4, -0.2) is 52.3 Å². The molecule has 0 saturated heterocycles. The van der Waals surface area contributed by atoms with E-state index in [9.17, 15) is 19.2 Å². The van der Waals surface area contributed by atoms with E-state index in [0.29, 0.717) is 12.8 Å². The van der Waals surface area contributed by atoms with Gasteiger partial charge in [0.1, 0.15) is 0 Å². The molecular weight excluding hydrogens is 392 g/mol. The van der Waals surface area contributed by atoms with Crippen molar-refractivity contribution in [3.63, 3.8) is 0 Å². The predicted molar refractivity (Wildman–Crippen MR) is 101 cm³/mol. The van der Waals surface area contributed by atoms with Crippen LogP contribution in [0.3, 0.4) is 0 Å². The maximum absolute atomic E-state index is 12.9. The number of hydrogen-bond donors (Lipinski definition) is 0. The normalized spacial score (nSPS) is 32.7.